The number of aryl methyl sites for hydroxylation is 1. The van der Waals surface area contributed by atoms with E-state index >= 15 is 0 Å². The fourth-order valence-electron chi connectivity index (χ4n) is 1.79. The number of nitrogens with two attached hydrogens (primary N) is 2. The van der Waals surface area contributed by atoms with Gasteiger partial charge in [0.2, 0.25) is 5.95 Å². The molecule has 2 rings (SSSR count). The maximum Gasteiger partial charge on any atom is 0.223 e. The van der Waals surface area contributed by atoms with Crippen LogP contribution in [0.15, 0.2) is 30.3 Å². The first-order valence-corrected chi connectivity index (χ1v) is 5.72. The summed E-state index contributed by atoms with van der Waals surface area (Å²) in [6.45, 7) is 2.84. The summed E-state index contributed by atoms with van der Waals surface area (Å²) in [7, 11) is 1.95. The second kappa shape index (κ2) is 4.91. The Morgan fingerprint density at radius 2 is 1.89 bits per heavy atom. The average molecular weight is 243 g/mol. The molecule has 0 fully saturated rings. The molecular formula is C13H17N5. The third-order valence-corrected chi connectivity index (χ3v) is 2.81. The second-order valence-electron chi connectivity index (χ2n) is 4.29. The van der Waals surface area contributed by atoms with Crippen molar-refractivity contribution in [3.05, 3.63) is 41.5 Å². The van der Waals surface area contributed by atoms with E-state index in [4.69, 9.17) is 11.5 Å². The van der Waals surface area contributed by atoms with Crippen LogP contribution in [0.5, 0.6) is 0 Å². The van der Waals surface area contributed by atoms with E-state index in [1.165, 1.54) is 11.1 Å². The largest absolute Gasteiger partial charge is 0.383 e. The number of benzene rings is 1. The van der Waals surface area contributed by atoms with Crippen LogP contribution in [0.1, 0.15) is 11.1 Å². The lowest BCUT2D eigenvalue weighted by Gasteiger charge is -2.19. The van der Waals surface area contributed by atoms with Crippen molar-refractivity contribution in [1.29, 1.82) is 0 Å². The van der Waals surface area contributed by atoms with Gasteiger partial charge in [-0.1, -0.05) is 24.3 Å². The Morgan fingerprint density at radius 3 is 2.56 bits per heavy atom. The van der Waals surface area contributed by atoms with Gasteiger partial charge in [-0.05, 0) is 18.1 Å². The molecule has 0 spiro atoms. The molecule has 1 aromatic heterocycles. The quantitative estimate of drug-likeness (QED) is 0.855. The van der Waals surface area contributed by atoms with Crippen LogP contribution in [0.25, 0.3) is 0 Å². The molecule has 0 bridgehead atoms. The summed E-state index contributed by atoms with van der Waals surface area (Å²) in [5.74, 6) is 1.30. The van der Waals surface area contributed by atoms with Crippen LogP contribution in [0.4, 0.5) is 17.6 Å². The van der Waals surface area contributed by atoms with Gasteiger partial charge in [0, 0.05) is 19.7 Å². The molecule has 2 aromatic rings. The monoisotopic (exact) mass is 243 g/mol. The van der Waals surface area contributed by atoms with Crippen LogP contribution >= 0.6 is 0 Å². The van der Waals surface area contributed by atoms with Crippen molar-refractivity contribution in [1.82, 2.24) is 9.97 Å². The first-order chi connectivity index (χ1) is 8.56. The van der Waals surface area contributed by atoms with Gasteiger partial charge in [-0.25, -0.2) is 0 Å². The van der Waals surface area contributed by atoms with Gasteiger partial charge in [-0.2, -0.15) is 9.97 Å². The molecule has 1 aromatic carbocycles. The van der Waals surface area contributed by atoms with Gasteiger partial charge in [0.05, 0.1) is 0 Å². The van der Waals surface area contributed by atoms with Gasteiger partial charge in [0.1, 0.15) is 11.6 Å². The molecule has 0 amide bonds. The molecule has 0 saturated heterocycles. The summed E-state index contributed by atoms with van der Waals surface area (Å²) in [5, 5.41) is 0. The zero-order chi connectivity index (χ0) is 13.1. The van der Waals surface area contributed by atoms with E-state index in [-0.39, 0.29) is 5.95 Å². The van der Waals surface area contributed by atoms with Gasteiger partial charge in [0.15, 0.2) is 0 Å². The van der Waals surface area contributed by atoms with Crippen LogP contribution in [0, 0.1) is 6.92 Å². The van der Waals surface area contributed by atoms with Crippen LogP contribution in [0.2, 0.25) is 0 Å². The zero-order valence-corrected chi connectivity index (χ0v) is 10.6. The van der Waals surface area contributed by atoms with E-state index < -0.39 is 0 Å². The van der Waals surface area contributed by atoms with Gasteiger partial charge < -0.3 is 16.4 Å². The second-order valence-corrected chi connectivity index (χ2v) is 4.29. The first kappa shape index (κ1) is 12.2. The Bertz CT molecular complexity index is 533. The summed E-state index contributed by atoms with van der Waals surface area (Å²) in [6.07, 6.45) is 0. The molecule has 5 heteroatoms. The molecule has 0 unspecified atom stereocenters. The Labute approximate surface area is 106 Å². The van der Waals surface area contributed by atoms with Crippen molar-refractivity contribution in [2.24, 2.45) is 0 Å². The van der Waals surface area contributed by atoms with Crippen molar-refractivity contribution in [2.75, 3.05) is 23.4 Å². The van der Waals surface area contributed by atoms with E-state index in [1.54, 1.807) is 6.07 Å². The predicted octanol–water partition coefficient (Wildman–Crippen LogP) is 1.59. The molecule has 0 aliphatic rings. The minimum Gasteiger partial charge on any atom is -0.383 e. The van der Waals surface area contributed by atoms with Crippen molar-refractivity contribution >= 4 is 17.6 Å². The average Bonchev–Trinajstić information content (AvgIpc) is 2.31. The summed E-state index contributed by atoms with van der Waals surface area (Å²) in [4.78, 5) is 10.0. The molecule has 0 aliphatic heterocycles. The molecule has 1 heterocycles. The van der Waals surface area contributed by atoms with Crippen molar-refractivity contribution < 1.29 is 0 Å². The highest BCUT2D eigenvalue weighted by molar-refractivity contribution is 5.50. The highest BCUT2D eigenvalue weighted by atomic mass is 15.2. The summed E-state index contributed by atoms with van der Waals surface area (Å²) < 4.78 is 0. The molecule has 0 radical (unpaired) electrons. The molecular weight excluding hydrogens is 226 g/mol. The lowest BCUT2D eigenvalue weighted by atomic mass is 10.1. The Balaban J connectivity index is 2.22. The number of aromatic nitrogens is 2. The van der Waals surface area contributed by atoms with Crippen LogP contribution in [0.3, 0.4) is 0 Å². The van der Waals surface area contributed by atoms with E-state index in [0.717, 1.165) is 12.4 Å². The standard InChI is InChI=1S/C13H17N5/c1-9-5-3-4-6-10(9)8-18(2)12-7-11(14)16-13(15)17-12/h3-7H,8H2,1-2H3,(H4,14,15,16,17). The number of hydrogen-bond acceptors (Lipinski definition) is 5. The first-order valence-electron chi connectivity index (χ1n) is 5.72. The Morgan fingerprint density at radius 1 is 1.17 bits per heavy atom. The number of nitrogens with zero attached hydrogens (tertiary/aromatic N) is 3. The molecule has 0 aliphatic carbocycles. The van der Waals surface area contributed by atoms with Crippen LogP contribution < -0.4 is 16.4 Å². The minimum atomic E-state index is 0.196. The van der Waals surface area contributed by atoms with E-state index in [1.807, 2.05) is 24.1 Å². The number of nitrogen functional groups attached to an aromatic ring is 2. The number of hydrogen-bond donors (Lipinski definition) is 2. The topological polar surface area (TPSA) is 81.1 Å². The summed E-state index contributed by atoms with van der Waals surface area (Å²) in [5.41, 5.74) is 13.7. The van der Waals surface area contributed by atoms with E-state index in [9.17, 15) is 0 Å². The fraction of sp³-hybridized carbons (Fsp3) is 0.231. The van der Waals surface area contributed by atoms with E-state index in [2.05, 4.69) is 29.0 Å². The number of anilines is 3. The molecule has 94 valence electrons. The predicted molar refractivity (Wildman–Crippen MR) is 74.1 cm³/mol. The zero-order valence-electron chi connectivity index (χ0n) is 10.6. The van der Waals surface area contributed by atoms with E-state index in [0.29, 0.717) is 5.82 Å². The third-order valence-electron chi connectivity index (χ3n) is 2.81. The van der Waals surface area contributed by atoms with Gasteiger partial charge in [-0.15, -0.1) is 0 Å². The molecule has 0 saturated carbocycles. The minimum absolute atomic E-state index is 0.196. The summed E-state index contributed by atoms with van der Waals surface area (Å²) in [6, 6.07) is 9.96. The highest BCUT2D eigenvalue weighted by Crippen LogP contribution is 2.17. The van der Waals surface area contributed by atoms with Gasteiger partial charge >= 0.3 is 0 Å². The normalized spacial score (nSPS) is 10.3. The number of rotatable bonds is 3. The maximum atomic E-state index is 5.66. The maximum absolute atomic E-state index is 5.66. The molecule has 4 N–H and O–H groups in total. The SMILES string of the molecule is Cc1ccccc1CN(C)c1cc(N)nc(N)n1. The third kappa shape index (κ3) is 2.68. The van der Waals surface area contributed by atoms with Crippen LogP contribution in [-0.4, -0.2) is 17.0 Å². The van der Waals surface area contributed by atoms with Crippen molar-refractivity contribution in [3.8, 4) is 0 Å². The summed E-state index contributed by atoms with van der Waals surface area (Å²) >= 11 is 0. The van der Waals surface area contributed by atoms with Gasteiger partial charge in [0.25, 0.3) is 0 Å². The smallest absolute Gasteiger partial charge is 0.223 e. The molecule has 0 atom stereocenters. The highest BCUT2D eigenvalue weighted by Gasteiger charge is 2.07. The lowest BCUT2D eigenvalue weighted by molar-refractivity contribution is 0.888. The molecule has 5 nitrogen and oxygen atoms in total. The lowest BCUT2D eigenvalue weighted by Crippen LogP contribution is -2.19. The Kier molecular flexibility index (Phi) is 3.32. The van der Waals surface area contributed by atoms with Crippen LogP contribution in [-0.2, 0) is 6.54 Å². The van der Waals surface area contributed by atoms with Gasteiger partial charge in [-0.3, -0.25) is 0 Å². The van der Waals surface area contributed by atoms with Crippen molar-refractivity contribution in [2.45, 2.75) is 13.5 Å². The fourth-order valence-corrected chi connectivity index (χ4v) is 1.79. The molecule has 18 heavy (non-hydrogen) atoms. The van der Waals surface area contributed by atoms with Crippen molar-refractivity contribution in [3.63, 3.8) is 0 Å². The Hall–Kier alpha value is -2.30.